The molecule has 0 atom stereocenters. The molecule has 1 N–H and O–H groups in total. The first-order chi connectivity index (χ1) is 7.24. The van der Waals surface area contributed by atoms with Crippen LogP contribution in [0, 0.1) is 0 Å². The standard InChI is InChI=1S/C11H12F2N2/c1-14-7-8-3-2-4-10-9(8)5-6-15(10)11(12)13/h2-6,11,14H,7H2,1H3. The van der Waals surface area contributed by atoms with Crippen molar-refractivity contribution in [3.05, 3.63) is 36.0 Å². The maximum absolute atomic E-state index is 12.6. The normalized spacial score (nSPS) is 11.5. The van der Waals surface area contributed by atoms with Crippen LogP contribution in [0.4, 0.5) is 8.78 Å². The van der Waals surface area contributed by atoms with E-state index in [1.165, 1.54) is 6.20 Å². The number of alkyl halides is 2. The molecule has 0 saturated heterocycles. The van der Waals surface area contributed by atoms with Crippen LogP contribution < -0.4 is 5.32 Å². The van der Waals surface area contributed by atoms with Gasteiger partial charge in [-0.05, 0) is 24.7 Å². The largest absolute Gasteiger partial charge is 0.319 e. The van der Waals surface area contributed by atoms with Gasteiger partial charge in [0.05, 0.1) is 5.52 Å². The van der Waals surface area contributed by atoms with Crippen LogP contribution in [0.3, 0.4) is 0 Å². The molecule has 4 heteroatoms. The zero-order chi connectivity index (χ0) is 10.8. The van der Waals surface area contributed by atoms with Crippen molar-refractivity contribution in [3.63, 3.8) is 0 Å². The van der Waals surface area contributed by atoms with Crippen molar-refractivity contribution >= 4 is 10.9 Å². The summed E-state index contributed by atoms with van der Waals surface area (Å²) in [4.78, 5) is 0. The lowest BCUT2D eigenvalue weighted by Crippen LogP contribution is -2.05. The van der Waals surface area contributed by atoms with Crippen LogP contribution in [-0.2, 0) is 6.54 Å². The molecule has 0 bridgehead atoms. The van der Waals surface area contributed by atoms with Gasteiger partial charge in [-0.15, -0.1) is 0 Å². The lowest BCUT2D eigenvalue weighted by Gasteiger charge is -2.05. The first-order valence-electron chi connectivity index (χ1n) is 4.75. The van der Waals surface area contributed by atoms with E-state index in [1.807, 2.05) is 13.1 Å². The summed E-state index contributed by atoms with van der Waals surface area (Å²) in [7, 11) is 1.84. The summed E-state index contributed by atoms with van der Waals surface area (Å²) in [6.07, 6.45) is 1.43. The Kier molecular flexibility index (Phi) is 2.68. The van der Waals surface area contributed by atoms with Crippen molar-refractivity contribution in [2.75, 3.05) is 7.05 Å². The Morgan fingerprint density at radius 3 is 2.80 bits per heavy atom. The van der Waals surface area contributed by atoms with E-state index in [1.54, 1.807) is 18.2 Å². The summed E-state index contributed by atoms with van der Waals surface area (Å²) in [6.45, 7) is -1.79. The fourth-order valence-electron chi connectivity index (χ4n) is 1.77. The topological polar surface area (TPSA) is 17.0 Å². The molecule has 80 valence electrons. The van der Waals surface area contributed by atoms with Crippen LogP contribution >= 0.6 is 0 Å². The Bertz CT molecular complexity index is 463. The third kappa shape index (κ3) is 1.72. The fourth-order valence-corrected chi connectivity index (χ4v) is 1.77. The number of fused-ring (bicyclic) bond motifs is 1. The molecule has 2 nitrogen and oxygen atoms in total. The van der Waals surface area contributed by atoms with E-state index in [2.05, 4.69) is 5.32 Å². The third-order valence-corrected chi connectivity index (χ3v) is 2.43. The summed E-state index contributed by atoms with van der Waals surface area (Å²) in [5.74, 6) is 0. The van der Waals surface area contributed by atoms with Gasteiger partial charge in [0.25, 0.3) is 0 Å². The molecule has 0 aliphatic rings. The molecule has 0 radical (unpaired) electrons. The highest BCUT2D eigenvalue weighted by molar-refractivity contribution is 5.83. The molecular formula is C11H12F2N2. The quantitative estimate of drug-likeness (QED) is 0.824. The van der Waals surface area contributed by atoms with E-state index in [9.17, 15) is 8.78 Å². The predicted octanol–water partition coefficient (Wildman–Crippen LogP) is 2.76. The van der Waals surface area contributed by atoms with Gasteiger partial charge in [-0.25, -0.2) is 0 Å². The molecule has 0 saturated carbocycles. The van der Waals surface area contributed by atoms with Gasteiger partial charge in [-0.3, -0.25) is 4.57 Å². The number of rotatable bonds is 3. The third-order valence-electron chi connectivity index (χ3n) is 2.43. The highest BCUT2D eigenvalue weighted by atomic mass is 19.3. The molecule has 0 unspecified atom stereocenters. The number of hydrogen-bond acceptors (Lipinski definition) is 1. The van der Waals surface area contributed by atoms with Gasteiger partial charge in [0.2, 0.25) is 0 Å². The van der Waals surface area contributed by atoms with E-state index in [0.717, 1.165) is 15.5 Å². The van der Waals surface area contributed by atoms with Gasteiger partial charge in [0, 0.05) is 18.1 Å². The second kappa shape index (κ2) is 3.98. The minimum absolute atomic E-state index is 0.581. The molecular weight excluding hydrogens is 198 g/mol. The zero-order valence-electron chi connectivity index (χ0n) is 8.37. The van der Waals surface area contributed by atoms with Gasteiger partial charge in [-0.2, -0.15) is 8.78 Å². The van der Waals surface area contributed by atoms with Gasteiger partial charge >= 0.3 is 6.55 Å². The summed E-state index contributed by atoms with van der Waals surface area (Å²) in [5.41, 5.74) is 1.62. The van der Waals surface area contributed by atoms with Gasteiger partial charge in [0.1, 0.15) is 0 Å². The minimum atomic E-state index is -2.48. The number of nitrogens with one attached hydrogen (secondary N) is 1. The van der Waals surface area contributed by atoms with Crippen LogP contribution in [-0.4, -0.2) is 11.6 Å². The Morgan fingerprint density at radius 1 is 1.33 bits per heavy atom. The molecule has 0 spiro atoms. The second-order valence-corrected chi connectivity index (χ2v) is 3.38. The van der Waals surface area contributed by atoms with E-state index in [0.29, 0.717) is 12.1 Å². The minimum Gasteiger partial charge on any atom is -0.316 e. The summed E-state index contributed by atoms with van der Waals surface area (Å²) in [6, 6.07) is 7.18. The summed E-state index contributed by atoms with van der Waals surface area (Å²) in [5, 5.41) is 3.90. The van der Waals surface area contributed by atoms with Crippen molar-refractivity contribution in [2.24, 2.45) is 0 Å². The van der Waals surface area contributed by atoms with Crippen molar-refractivity contribution < 1.29 is 8.78 Å². The second-order valence-electron chi connectivity index (χ2n) is 3.38. The van der Waals surface area contributed by atoms with Crippen molar-refractivity contribution in [3.8, 4) is 0 Å². The first kappa shape index (κ1) is 10.1. The molecule has 0 aliphatic heterocycles. The molecule has 2 rings (SSSR count). The fraction of sp³-hybridized carbons (Fsp3) is 0.273. The van der Waals surface area contributed by atoms with Crippen molar-refractivity contribution in [1.82, 2.24) is 9.88 Å². The van der Waals surface area contributed by atoms with Gasteiger partial charge in [-0.1, -0.05) is 12.1 Å². The van der Waals surface area contributed by atoms with Crippen LogP contribution in [0.5, 0.6) is 0 Å². The average Bonchev–Trinajstić information content (AvgIpc) is 2.62. The molecule has 1 heterocycles. The Balaban J connectivity index is 2.58. The zero-order valence-corrected chi connectivity index (χ0v) is 8.37. The Morgan fingerprint density at radius 2 is 2.13 bits per heavy atom. The smallest absolute Gasteiger partial charge is 0.316 e. The van der Waals surface area contributed by atoms with Crippen LogP contribution in [0.1, 0.15) is 12.1 Å². The maximum atomic E-state index is 12.6. The van der Waals surface area contributed by atoms with Crippen LogP contribution in [0.25, 0.3) is 10.9 Å². The van der Waals surface area contributed by atoms with Crippen LogP contribution in [0.2, 0.25) is 0 Å². The van der Waals surface area contributed by atoms with Crippen LogP contribution in [0.15, 0.2) is 30.5 Å². The SMILES string of the molecule is CNCc1cccc2c1ccn2C(F)F. The molecule has 0 fully saturated rings. The average molecular weight is 210 g/mol. The van der Waals surface area contributed by atoms with E-state index in [4.69, 9.17) is 0 Å². The van der Waals surface area contributed by atoms with E-state index >= 15 is 0 Å². The van der Waals surface area contributed by atoms with E-state index < -0.39 is 6.55 Å². The molecule has 0 amide bonds. The lowest BCUT2D eigenvalue weighted by atomic mass is 10.1. The summed E-state index contributed by atoms with van der Waals surface area (Å²) >= 11 is 0. The van der Waals surface area contributed by atoms with Gasteiger partial charge in [0.15, 0.2) is 0 Å². The highest BCUT2D eigenvalue weighted by Gasteiger charge is 2.10. The molecule has 1 aromatic carbocycles. The monoisotopic (exact) mass is 210 g/mol. The van der Waals surface area contributed by atoms with Crippen molar-refractivity contribution in [1.29, 1.82) is 0 Å². The molecule has 15 heavy (non-hydrogen) atoms. The number of nitrogens with zero attached hydrogens (tertiary/aromatic N) is 1. The molecule has 0 aliphatic carbocycles. The Labute approximate surface area is 86.5 Å². The first-order valence-corrected chi connectivity index (χ1v) is 4.75. The Hall–Kier alpha value is -1.42. The van der Waals surface area contributed by atoms with Crippen molar-refractivity contribution in [2.45, 2.75) is 13.1 Å². The molecule has 1 aromatic heterocycles. The summed E-state index contributed by atoms with van der Waals surface area (Å²) < 4.78 is 26.2. The highest BCUT2D eigenvalue weighted by Crippen LogP contribution is 2.24. The number of benzene rings is 1. The predicted molar refractivity (Wildman–Crippen MR) is 56.0 cm³/mol. The van der Waals surface area contributed by atoms with E-state index in [-0.39, 0.29) is 0 Å². The molecule has 2 aromatic rings. The number of halogens is 2. The van der Waals surface area contributed by atoms with Gasteiger partial charge < -0.3 is 5.32 Å². The maximum Gasteiger partial charge on any atom is 0.319 e. The number of hydrogen-bond donors (Lipinski definition) is 1. The number of aromatic nitrogens is 1. The lowest BCUT2D eigenvalue weighted by molar-refractivity contribution is 0.0752.